The number of imidazole rings is 1. The summed E-state index contributed by atoms with van der Waals surface area (Å²) in [5.41, 5.74) is 4.29. The fourth-order valence-corrected chi connectivity index (χ4v) is 3.17. The van der Waals surface area contributed by atoms with E-state index in [9.17, 15) is 0 Å². The molecule has 1 saturated heterocycles. The Morgan fingerprint density at radius 2 is 1.73 bits per heavy atom. The third-order valence-electron chi connectivity index (χ3n) is 4.39. The van der Waals surface area contributed by atoms with Gasteiger partial charge in [-0.3, -0.25) is 0 Å². The zero-order chi connectivity index (χ0) is 17.8. The van der Waals surface area contributed by atoms with Crippen LogP contribution in [0.2, 0.25) is 0 Å². The van der Waals surface area contributed by atoms with E-state index >= 15 is 0 Å². The molecule has 0 amide bonds. The smallest absolute Gasteiger partial charge is 0.198 e. The number of hydrogen-bond acceptors (Lipinski definition) is 4. The summed E-state index contributed by atoms with van der Waals surface area (Å²) in [6, 6.07) is 18.5. The van der Waals surface area contributed by atoms with Crippen molar-refractivity contribution < 1.29 is 4.74 Å². The molecule has 26 heavy (non-hydrogen) atoms. The van der Waals surface area contributed by atoms with E-state index in [-0.39, 0.29) is 0 Å². The largest absolute Gasteiger partial charge is 0.378 e. The van der Waals surface area contributed by atoms with E-state index in [2.05, 4.69) is 39.3 Å². The van der Waals surface area contributed by atoms with E-state index in [0.29, 0.717) is 4.77 Å². The van der Waals surface area contributed by atoms with Crippen LogP contribution in [0.15, 0.2) is 65.9 Å². The minimum absolute atomic E-state index is 0.574. The van der Waals surface area contributed by atoms with Gasteiger partial charge in [-0.15, -0.1) is 0 Å². The van der Waals surface area contributed by atoms with Gasteiger partial charge in [-0.1, -0.05) is 42.5 Å². The molecular weight excluding hydrogens is 344 g/mol. The van der Waals surface area contributed by atoms with Crippen molar-refractivity contribution in [1.29, 1.82) is 0 Å². The van der Waals surface area contributed by atoms with Gasteiger partial charge in [0.15, 0.2) is 4.77 Å². The molecule has 2 heterocycles. The summed E-state index contributed by atoms with van der Waals surface area (Å²) < 4.78 is 7.66. The van der Waals surface area contributed by atoms with Gasteiger partial charge in [-0.2, -0.15) is 5.10 Å². The standard InChI is InChI=1S/C20H20N4OS/c26-20-22-19(17-4-2-1-3-5-17)15-24(20)21-14-16-6-8-18(9-7-16)23-10-12-25-13-11-23/h1-9,14-15H,10-13H2,(H,22,26). The van der Waals surface area contributed by atoms with Crippen molar-refractivity contribution in [2.24, 2.45) is 5.10 Å². The molecule has 0 spiro atoms. The minimum Gasteiger partial charge on any atom is -0.378 e. The molecule has 1 N–H and O–H groups in total. The van der Waals surface area contributed by atoms with E-state index in [1.807, 2.05) is 42.7 Å². The summed E-state index contributed by atoms with van der Waals surface area (Å²) in [5, 5.41) is 4.49. The van der Waals surface area contributed by atoms with E-state index in [0.717, 1.165) is 43.1 Å². The highest BCUT2D eigenvalue weighted by Gasteiger charge is 2.10. The monoisotopic (exact) mass is 364 g/mol. The number of morpholine rings is 1. The average Bonchev–Trinajstić information content (AvgIpc) is 3.09. The van der Waals surface area contributed by atoms with Crippen molar-refractivity contribution in [1.82, 2.24) is 9.66 Å². The van der Waals surface area contributed by atoms with E-state index in [1.165, 1.54) is 5.69 Å². The van der Waals surface area contributed by atoms with Crippen molar-refractivity contribution in [3.05, 3.63) is 71.1 Å². The third kappa shape index (κ3) is 3.76. The number of rotatable bonds is 4. The summed E-state index contributed by atoms with van der Waals surface area (Å²) in [5.74, 6) is 0. The molecule has 0 bridgehead atoms. The highest BCUT2D eigenvalue weighted by molar-refractivity contribution is 7.71. The number of aromatic nitrogens is 2. The molecule has 0 saturated carbocycles. The lowest BCUT2D eigenvalue weighted by atomic mass is 10.2. The molecule has 0 aliphatic carbocycles. The zero-order valence-corrected chi connectivity index (χ0v) is 15.2. The molecule has 132 valence electrons. The molecule has 6 heteroatoms. The molecule has 4 rings (SSSR count). The van der Waals surface area contributed by atoms with Crippen LogP contribution in [0.25, 0.3) is 11.3 Å². The van der Waals surface area contributed by atoms with Crippen LogP contribution in [-0.2, 0) is 4.74 Å². The molecule has 5 nitrogen and oxygen atoms in total. The molecule has 0 unspecified atom stereocenters. The van der Waals surface area contributed by atoms with Crippen molar-refractivity contribution >= 4 is 24.1 Å². The quantitative estimate of drug-likeness (QED) is 0.564. The van der Waals surface area contributed by atoms with Gasteiger partial charge >= 0.3 is 0 Å². The van der Waals surface area contributed by atoms with E-state index < -0.39 is 0 Å². The number of ether oxygens (including phenoxy) is 1. The SMILES string of the molecule is S=c1[nH]c(-c2ccccc2)cn1N=Cc1ccc(N2CCOCC2)cc1. The van der Waals surface area contributed by atoms with E-state index in [4.69, 9.17) is 17.0 Å². The lowest BCUT2D eigenvalue weighted by Crippen LogP contribution is -2.36. The maximum atomic E-state index is 5.40. The van der Waals surface area contributed by atoms with Gasteiger partial charge < -0.3 is 14.6 Å². The lowest BCUT2D eigenvalue weighted by Gasteiger charge is -2.28. The predicted octanol–water partition coefficient (Wildman–Crippen LogP) is 3.93. The summed E-state index contributed by atoms with van der Waals surface area (Å²) in [4.78, 5) is 5.53. The number of anilines is 1. The predicted molar refractivity (Wildman–Crippen MR) is 108 cm³/mol. The highest BCUT2D eigenvalue weighted by atomic mass is 32.1. The number of H-pyrrole nitrogens is 1. The summed E-state index contributed by atoms with van der Waals surface area (Å²) >= 11 is 5.37. The summed E-state index contributed by atoms with van der Waals surface area (Å²) in [6.45, 7) is 3.46. The van der Waals surface area contributed by atoms with Crippen molar-refractivity contribution in [2.75, 3.05) is 31.2 Å². The molecule has 1 aliphatic rings. The summed E-state index contributed by atoms with van der Waals surface area (Å²) in [7, 11) is 0. The Balaban J connectivity index is 1.49. The van der Waals surface area contributed by atoms with Gasteiger partial charge in [0.2, 0.25) is 0 Å². The molecular formula is C20H20N4OS. The lowest BCUT2D eigenvalue weighted by molar-refractivity contribution is 0.122. The Morgan fingerprint density at radius 3 is 2.46 bits per heavy atom. The average molecular weight is 364 g/mol. The normalized spacial score (nSPS) is 14.8. The Bertz CT molecular complexity index is 938. The second-order valence-electron chi connectivity index (χ2n) is 6.12. The first-order chi connectivity index (χ1) is 12.8. The van der Waals surface area contributed by atoms with Crippen molar-refractivity contribution in [3.8, 4) is 11.3 Å². The number of benzene rings is 2. The molecule has 1 aliphatic heterocycles. The fraction of sp³-hybridized carbons (Fsp3) is 0.200. The zero-order valence-electron chi connectivity index (χ0n) is 14.3. The van der Waals surface area contributed by atoms with Gasteiger partial charge in [0.1, 0.15) is 0 Å². The topological polar surface area (TPSA) is 45.5 Å². The molecule has 0 radical (unpaired) electrons. The van der Waals surface area contributed by atoms with Crippen LogP contribution in [0.5, 0.6) is 0 Å². The Hall–Kier alpha value is -2.70. The summed E-state index contributed by atoms with van der Waals surface area (Å²) in [6.07, 6.45) is 3.73. The second-order valence-corrected chi connectivity index (χ2v) is 6.51. The molecule has 3 aromatic rings. The first-order valence-electron chi connectivity index (χ1n) is 8.64. The Labute approximate surface area is 157 Å². The van der Waals surface area contributed by atoms with Crippen LogP contribution < -0.4 is 4.90 Å². The van der Waals surface area contributed by atoms with Crippen molar-refractivity contribution in [2.45, 2.75) is 0 Å². The van der Waals surface area contributed by atoms with Gasteiger partial charge in [-0.25, -0.2) is 4.68 Å². The maximum absolute atomic E-state index is 5.40. The minimum atomic E-state index is 0.574. The Morgan fingerprint density at radius 1 is 1.00 bits per heavy atom. The molecule has 0 atom stereocenters. The fourth-order valence-electron chi connectivity index (χ4n) is 2.96. The number of nitrogens with zero attached hydrogens (tertiary/aromatic N) is 3. The number of hydrogen-bond donors (Lipinski definition) is 1. The van der Waals surface area contributed by atoms with Gasteiger partial charge in [0, 0.05) is 18.8 Å². The van der Waals surface area contributed by atoms with Crippen LogP contribution >= 0.6 is 12.2 Å². The van der Waals surface area contributed by atoms with Gasteiger partial charge in [-0.05, 0) is 35.5 Å². The van der Waals surface area contributed by atoms with E-state index in [1.54, 1.807) is 4.68 Å². The maximum Gasteiger partial charge on any atom is 0.198 e. The molecule has 1 aromatic heterocycles. The number of aromatic amines is 1. The third-order valence-corrected chi connectivity index (χ3v) is 4.68. The molecule has 1 fully saturated rings. The second kappa shape index (κ2) is 7.68. The van der Waals surface area contributed by atoms with Crippen molar-refractivity contribution in [3.63, 3.8) is 0 Å². The van der Waals surface area contributed by atoms with Crippen LogP contribution in [0.4, 0.5) is 5.69 Å². The Kier molecular flexibility index (Phi) is 4.95. The highest BCUT2D eigenvalue weighted by Crippen LogP contribution is 2.18. The van der Waals surface area contributed by atoms with Crippen LogP contribution in [0, 0.1) is 4.77 Å². The van der Waals surface area contributed by atoms with Gasteiger partial charge in [0.25, 0.3) is 0 Å². The van der Waals surface area contributed by atoms with Crippen LogP contribution in [-0.4, -0.2) is 42.2 Å². The van der Waals surface area contributed by atoms with Crippen LogP contribution in [0.3, 0.4) is 0 Å². The first kappa shape index (κ1) is 16.8. The van der Waals surface area contributed by atoms with Crippen LogP contribution in [0.1, 0.15) is 5.56 Å². The van der Waals surface area contributed by atoms with Gasteiger partial charge in [0.05, 0.1) is 31.3 Å². The number of nitrogens with one attached hydrogen (secondary N) is 1. The molecule has 2 aromatic carbocycles. The first-order valence-corrected chi connectivity index (χ1v) is 9.05.